The summed E-state index contributed by atoms with van der Waals surface area (Å²) in [5.41, 5.74) is 0. The Morgan fingerprint density at radius 2 is 1.77 bits per heavy atom. The Kier molecular flexibility index (Phi) is 10.6. The van der Waals surface area contributed by atoms with Crippen molar-refractivity contribution in [3.8, 4) is 0 Å². The fraction of sp³-hybridized carbons (Fsp3) is 0.900. The van der Waals surface area contributed by atoms with Gasteiger partial charge in [-0.2, -0.15) is 0 Å². The molecular formula is C10H21O2Sb. The summed E-state index contributed by atoms with van der Waals surface area (Å²) >= 11 is 0.977. The molecule has 2 nitrogen and oxygen atoms in total. The van der Waals surface area contributed by atoms with Crippen LogP contribution in [0.4, 0.5) is 0 Å². The van der Waals surface area contributed by atoms with Gasteiger partial charge in [0.05, 0.1) is 0 Å². The molecule has 13 heavy (non-hydrogen) atoms. The molecule has 0 aromatic heterocycles. The maximum atomic E-state index is 10.8. The number of carbonyl (C=O) groups is 1. The van der Waals surface area contributed by atoms with Crippen molar-refractivity contribution in [1.29, 1.82) is 0 Å². The fourth-order valence-corrected chi connectivity index (χ4v) is 1.46. The number of esters is 1. The molecule has 0 rings (SSSR count). The Hall–Kier alpha value is 0.288. The molecule has 0 saturated carbocycles. The normalized spacial score (nSPS) is 10.0. The first kappa shape index (κ1) is 13.3. The van der Waals surface area contributed by atoms with Gasteiger partial charge in [0.1, 0.15) is 0 Å². The van der Waals surface area contributed by atoms with E-state index in [1.165, 1.54) is 32.1 Å². The molecule has 0 atom stereocenters. The Bertz CT molecular complexity index is 126. The van der Waals surface area contributed by atoms with E-state index in [2.05, 4.69) is 6.92 Å². The van der Waals surface area contributed by atoms with Crippen molar-refractivity contribution >= 4 is 29.0 Å². The molecule has 0 unspecified atom stereocenters. The zero-order valence-corrected chi connectivity index (χ0v) is 11.8. The Labute approximate surface area is 94.9 Å². The monoisotopic (exact) mass is 294 g/mol. The first-order chi connectivity index (χ1) is 6.31. The van der Waals surface area contributed by atoms with Crippen LogP contribution < -0.4 is 0 Å². The molecule has 0 saturated heterocycles. The number of carbonyl (C=O) groups excluding carboxylic acids is 1. The third-order valence-electron chi connectivity index (χ3n) is 1.93. The van der Waals surface area contributed by atoms with Crippen molar-refractivity contribution < 1.29 is 9.53 Å². The third-order valence-corrected chi connectivity index (χ3v) is 2.88. The van der Waals surface area contributed by atoms with Gasteiger partial charge in [-0.25, -0.2) is 0 Å². The van der Waals surface area contributed by atoms with Gasteiger partial charge < -0.3 is 0 Å². The van der Waals surface area contributed by atoms with E-state index < -0.39 is 0 Å². The molecule has 0 radical (unpaired) electrons. The van der Waals surface area contributed by atoms with Crippen molar-refractivity contribution in [1.82, 2.24) is 0 Å². The number of ether oxygens (including phenoxy) is 1. The zero-order chi connectivity index (χ0) is 9.94. The molecule has 0 spiro atoms. The van der Waals surface area contributed by atoms with Gasteiger partial charge in [-0.05, 0) is 0 Å². The minimum absolute atomic E-state index is 0.0176. The second kappa shape index (κ2) is 10.4. The average molecular weight is 295 g/mol. The second-order valence-electron chi connectivity index (χ2n) is 3.19. The third kappa shape index (κ3) is 10.2. The zero-order valence-electron chi connectivity index (χ0n) is 8.55. The first-order valence-electron chi connectivity index (χ1n) is 5.17. The van der Waals surface area contributed by atoms with Gasteiger partial charge >= 0.3 is 94.9 Å². The fourth-order valence-electron chi connectivity index (χ4n) is 1.13. The molecule has 78 valence electrons. The van der Waals surface area contributed by atoms with Gasteiger partial charge in [-0.3, -0.25) is 0 Å². The van der Waals surface area contributed by atoms with E-state index >= 15 is 0 Å². The van der Waals surface area contributed by atoms with Gasteiger partial charge in [-0.15, -0.1) is 0 Å². The molecule has 0 aliphatic carbocycles. The summed E-state index contributed by atoms with van der Waals surface area (Å²) in [5.74, 6) is -0.0176. The van der Waals surface area contributed by atoms with Crippen LogP contribution in [0.25, 0.3) is 0 Å². The Morgan fingerprint density at radius 1 is 1.15 bits per heavy atom. The van der Waals surface area contributed by atoms with Crippen molar-refractivity contribution in [2.45, 2.75) is 49.8 Å². The van der Waals surface area contributed by atoms with E-state index in [-0.39, 0.29) is 5.97 Å². The number of unbranched alkanes of at least 4 members (excludes halogenated alkanes) is 5. The van der Waals surface area contributed by atoms with E-state index in [1.54, 1.807) is 0 Å². The van der Waals surface area contributed by atoms with Crippen molar-refractivity contribution in [3.05, 3.63) is 0 Å². The SMILES string of the molecule is CCCCCCCCOC(=O)[CH2][SbH2]. The van der Waals surface area contributed by atoms with Crippen LogP contribution in [-0.4, -0.2) is 35.6 Å². The maximum absolute atomic E-state index is 10.8. The standard InChI is InChI=1S/C10H19O2.Sb.2H/c1-3-4-5-6-7-8-9-12-10(2)11;;;/h2-9H2,1H3;;;. The van der Waals surface area contributed by atoms with Crippen LogP contribution in [0, 0.1) is 0 Å². The molecule has 0 heterocycles. The number of rotatable bonds is 8. The number of hydrogen-bond acceptors (Lipinski definition) is 2. The summed E-state index contributed by atoms with van der Waals surface area (Å²) in [7, 11) is 0. The molecule has 0 aromatic carbocycles. The van der Waals surface area contributed by atoms with Gasteiger partial charge in [0.15, 0.2) is 0 Å². The van der Waals surface area contributed by atoms with E-state index in [9.17, 15) is 4.79 Å². The molecule has 0 fully saturated rings. The molecule has 0 amide bonds. The summed E-state index contributed by atoms with van der Waals surface area (Å²) in [6.45, 7) is 2.85. The predicted molar refractivity (Wildman–Crippen MR) is 57.7 cm³/mol. The van der Waals surface area contributed by atoms with Crippen molar-refractivity contribution in [3.63, 3.8) is 0 Å². The van der Waals surface area contributed by atoms with Gasteiger partial charge in [-0.1, -0.05) is 0 Å². The van der Waals surface area contributed by atoms with Gasteiger partial charge in [0, 0.05) is 0 Å². The van der Waals surface area contributed by atoms with E-state index in [4.69, 9.17) is 4.74 Å². The quantitative estimate of drug-likeness (QED) is 0.388. The predicted octanol–water partition coefficient (Wildman–Crippen LogP) is 1.94. The minimum atomic E-state index is -0.0176. The van der Waals surface area contributed by atoms with Crippen molar-refractivity contribution in [2.24, 2.45) is 0 Å². The molecule has 0 N–H and O–H groups in total. The summed E-state index contributed by atoms with van der Waals surface area (Å²) in [6, 6.07) is 0. The van der Waals surface area contributed by atoms with Crippen LogP contribution in [0.3, 0.4) is 0 Å². The Balaban J connectivity index is 2.95. The van der Waals surface area contributed by atoms with Crippen LogP contribution in [0.1, 0.15) is 45.4 Å². The van der Waals surface area contributed by atoms with E-state index in [1.807, 2.05) is 0 Å². The number of hydrogen-bond donors (Lipinski definition) is 0. The average Bonchev–Trinajstić information content (AvgIpc) is 2.16. The molecule has 3 heteroatoms. The summed E-state index contributed by atoms with van der Waals surface area (Å²) in [5, 5.41) is 0. The van der Waals surface area contributed by atoms with E-state index in [0.717, 1.165) is 29.4 Å². The summed E-state index contributed by atoms with van der Waals surface area (Å²) in [6.07, 6.45) is 7.47. The molecule has 0 aromatic rings. The summed E-state index contributed by atoms with van der Waals surface area (Å²) in [4.78, 5) is 10.8. The van der Waals surface area contributed by atoms with Crippen LogP contribution >= 0.6 is 0 Å². The molecular weight excluding hydrogens is 274 g/mol. The van der Waals surface area contributed by atoms with Crippen LogP contribution in [0.15, 0.2) is 0 Å². The second-order valence-corrected chi connectivity index (χ2v) is 4.36. The van der Waals surface area contributed by atoms with Crippen LogP contribution in [-0.2, 0) is 9.53 Å². The Morgan fingerprint density at radius 3 is 2.38 bits per heavy atom. The molecule has 0 bridgehead atoms. The van der Waals surface area contributed by atoms with E-state index in [0.29, 0.717) is 11.0 Å². The van der Waals surface area contributed by atoms with Gasteiger partial charge in [0.2, 0.25) is 0 Å². The topological polar surface area (TPSA) is 26.3 Å². The van der Waals surface area contributed by atoms with Crippen LogP contribution in [0.5, 0.6) is 0 Å². The molecule has 0 aliphatic heterocycles. The summed E-state index contributed by atoms with van der Waals surface area (Å²) < 4.78 is 5.62. The van der Waals surface area contributed by atoms with Gasteiger partial charge in [0.25, 0.3) is 0 Å². The molecule has 0 aliphatic rings. The first-order valence-corrected chi connectivity index (χ1v) is 7.50. The van der Waals surface area contributed by atoms with Crippen LogP contribution in [0.2, 0.25) is 4.37 Å². The van der Waals surface area contributed by atoms with Crippen molar-refractivity contribution in [2.75, 3.05) is 6.61 Å².